The van der Waals surface area contributed by atoms with Gasteiger partial charge in [0.15, 0.2) is 0 Å². The van der Waals surface area contributed by atoms with Crippen LogP contribution in [0.4, 0.5) is 0 Å². The van der Waals surface area contributed by atoms with Gasteiger partial charge >= 0.3 is 0 Å². The highest BCUT2D eigenvalue weighted by atomic mass is 16.4. The molecule has 0 bridgehead atoms. The first-order valence-corrected chi connectivity index (χ1v) is 20.5. The molecule has 0 rings (SSSR count). The van der Waals surface area contributed by atoms with Crippen molar-refractivity contribution in [1.82, 2.24) is 0 Å². The molecule has 0 radical (unpaired) electrons. The molecule has 0 fully saturated rings. The van der Waals surface area contributed by atoms with Crippen molar-refractivity contribution < 1.29 is 14.4 Å². The van der Waals surface area contributed by atoms with Gasteiger partial charge in [0.05, 0.1) is 26.7 Å². The minimum atomic E-state index is -0.905. The third-order valence-electron chi connectivity index (χ3n) is 9.64. The largest absolute Gasteiger partial charge is 0.550 e. The van der Waals surface area contributed by atoms with Crippen LogP contribution in [0.15, 0.2) is 0 Å². The molecule has 3 nitrogen and oxygen atoms in total. The van der Waals surface area contributed by atoms with Gasteiger partial charge in [-0.3, -0.25) is 0 Å². The van der Waals surface area contributed by atoms with E-state index < -0.39 is 5.97 Å². The Hall–Kier alpha value is -0.570. The maximum absolute atomic E-state index is 10.2. The van der Waals surface area contributed by atoms with E-state index >= 15 is 0 Å². The summed E-state index contributed by atoms with van der Waals surface area (Å²) in [5, 5.41) is 10.2. The van der Waals surface area contributed by atoms with Crippen molar-refractivity contribution in [3.05, 3.63) is 0 Å². The molecule has 0 aromatic rings. The van der Waals surface area contributed by atoms with E-state index in [0.717, 1.165) is 12.8 Å². The lowest BCUT2D eigenvalue weighted by Gasteiger charge is -2.35. The highest BCUT2D eigenvalue weighted by Gasteiger charge is 2.20. The smallest absolute Gasteiger partial charge is 0.0784 e. The van der Waals surface area contributed by atoms with Gasteiger partial charge in [-0.2, -0.15) is 0 Å². The van der Waals surface area contributed by atoms with Crippen LogP contribution in [0.1, 0.15) is 233 Å². The number of carbonyl (C=O) groups excluding carboxylic acids is 1. The van der Waals surface area contributed by atoms with Gasteiger partial charge in [0, 0.05) is 5.97 Å². The first-order chi connectivity index (χ1) is 21.5. The first kappa shape index (κ1) is 45.6. The molecule has 0 atom stereocenters. The molecule has 0 saturated heterocycles. The summed E-state index contributed by atoms with van der Waals surface area (Å²) >= 11 is 0. The standard InChI is InChI=1S/C25H54N.C16H32O2/c1-5-8-11-14-17-20-23-26(4,24-21-18-15-12-9-6-2)25-22-19-16-13-10-7-3;1-2-3-4-5-6-7-8-9-10-11-12-13-14-15-16(17)18/h5-25H2,1-4H3;2-15H2,1H3,(H,17,18)/q+1;/p-1. The van der Waals surface area contributed by atoms with Crippen LogP contribution in [0.25, 0.3) is 0 Å². The molecule has 0 saturated carbocycles. The van der Waals surface area contributed by atoms with E-state index in [0.29, 0.717) is 0 Å². The van der Waals surface area contributed by atoms with Crippen LogP contribution in [-0.4, -0.2) is 37.1 Å². The fourth-order valence-corrected chi connectivity index (χ4v) is 6.44. The van der Waals surface area contributed by atoms with Gasteiger partial charge in [0.2, 0.25) is 0 Å². The molecule has 0 unspecified atom stereocenters. The Morgan fingerprint density at radius 2 is 0.568 bits per heavy atom. The predicted molar refractivity (Wildman–Crippen MR) is 196 cm³/mol. The number of rotatable bonds is 35. The van der Waals surface area contributed by atoms with E-state index in [9.17, 15) is 9.90 Å². The van der Waals surface area contributed by atoms with Crippen molar-refractivity contribution in [1.29, 1.82) is 0 Å². The van der Waals surface area contributed by atoms with Crippen LogP contribution in [-0.2, 0) is 4.79 Å². The van der Waals surface area contributed by atoms with Gasteiger partial charge in [-0.05, 0) is 51.4 Å². The second-order valence-corrected chi connectivity index (χ2v) is 14.5. The maximum atomic E-state index is 10.2. The summed E-state index contributed by atoms with van der Waals surface area (Å²) in [5.41, 5.74) is 0. The minimum Gasteiger partial charge on any atom is -0.550 e. The van der Waals surface area contributed by atoms with Gasteiger partial charge < -0.3 is 14.4 Å². The molecule has 266 valence electrons. The third kappa shape index (κ3) is 39.5. The molecule has 0 spiro atoms. The van der Waals surface area contributed by atoms with Crippen molar-refractivity contribution in [3.63, 3.8) is 0 Å². The van der Waals surface area contributed by atoms with Crippen molar-refractivity contribution >= 4 is 5.97 Å². The second kappa shape index (κ2) is 38.6. The van der Waals surface area contributed by atoms with Crippen LogP contribution in [0, 0.1) is 0 Å². The Morgan fingerprint density at radius 1 is 0.364 bits per heavy atom. The van der Waals surface area contributed by atoms with E-state index in [1.54, 1.807) is 0 Å². The van der Waals surface area contributed by atoms with Gasteiger partial charge in [-0.15, -0.1) is 0 Å². The summed E-state index contributed by atoms with van der Waals surface area (Å²) in [5.74, 6) is -0.905. The van der Waals surface area contributed by atoms with E-state index in [-0.39, 0.29) is 6.42 Å². The van der Waals surface area contributed by atoms with Crippen LogP contribution in [0.3, 0.4) is 0 Å². The zero-order valence-corrected chi connectivity index (χ0v) is 31.5. The molecule has 0 heterocycles. The quantitative estimate of drug-likeness (QED) is 0.0520. The van der Waals surface area contributed by atoms with Gasteiger partial charge in [0.1, 0.15) is 0 Å². The number of carboxylic acids is 1. The Bertz CT molecular complexity index is 494. The summed E-state index contributed by atoms with van der Waals surface area (Å²) in [7, 11) is 2.56. The number of hydrogen-bond acceptors (Lipinski definition) is 2. The second-order valence-electron chi connectivity index (χ2n) is 14.5. The number of nitrogens with zero attached hydrogens (tertiary/aromatic N) is 1. The average Bonchev–Trinajstić information content (AvgIpc) is 3.01. The predicted octanol–water partition coefficient (Wildman–Crippen LogP) is 12.7. The monoisotopic (exact) mass is 624 g/mol. The van der Waals surface area contributed by atoms with E-state index in [1.165, 1.54) is 210 Å². The topological polar surface area (TPSA) is 40.1 Å². The zero-order chi connectivity index (χ0) is 32.8. The molecule has 0 amide bonds. The van der Waals surface area contributed by atoms with Crippen LogP contribution >= 0.6 is 0 Å². The SMILES string of the molecule is CCCCCCCCCCCCCCCC(=O)[O-].CCCCCCCC[N+](C)(CCCCCCCC)CCCCCCCC. The maximum Gasteiger partial charge on any atom is 0.0784 e. The number of aliphatic carboxylic acids is 1. The third-order valence-corrected chi connectivity index (χ3v) is 9.64. The average molecular weight is 624 g/mol. The van der Waals surface area contributed by atoms with Crippen LogP contribution in [0.5, 0.6) is 0 Å². The summed E-state index contributed by atoms with van der Waals surface area (Å²) in [6.45, 7) is 13.5. The van der Waals surface area contributed by atoms with E-state index in [4.69, 9.17) is 0 Å². The number of carboxylic acid groups (broad SMARTS) is 1. The molecule has 0 aliphatic carbocycles. The molecule has 3 heteroatoms. The highest BCUT2D eigenvalue weighted by Crippen LogP contribution is 2.17. The van der Waals surface area contributed by atoms with Crippen molar-refractivity contribution in [2.75, 3.05) is 26.7 Å². The van der Waals surface area contributed by atoms with E-state index in [2.05, 4.69) is 34.7 Å². The number of carbonyl (C=O) groups is 1. The zero-order valence-electron chi connectivity index (χ0n) is 31.5. The molecular weight excluding hydrogens is 538 g/mol. The van der Waals surface area contributed by atoms with Gasteiger partial charge in [-0.25, -0.2) is 0 Å². The Kier molecular flexibility index (Phi) is 40.0. The lowest BCUT2D eigenvalue weighted by atomic mass is 10.0. The lowest BCUT2D eigenvalue weighted by Crippen LogP contribution is -2.46. The fraction of sp³-hybridized carbons (Fsp3) is 0.976. The molecule has 0 N–H and O–H groups in total. The van der Waals surface area contributed by atoms with Gasteiger partial charge in [-0.1, -0.05) is 182 Å². The lowest BCUT2D eigenvalue weighted by molar-refractivity contribution is -0.910. The number of quaternary nitrogens is 1. The number of hydrogen-bond donors (Lipinski definition) is 0. The van der Waals surface area contributed by atoms with Gasteiger partial charge in [0.25, 0.3) is 0 Å². The summed E-state index contributed by atoms with van der Waals surface area (Å²) in [6.07, 6.45) is 42.8. The normalized spacial score (nSPS) is 11.5. The summed E-state index contributed by atoms with van der Waals surface area (Å²) < 4.78 is 1.36. The minimum absolute atomic E-state index is 0.234. The fourth-order valence-electron chi connectivity index (χ4n) is 6.44. The first-order valence-electron chi connectivity index (χ1n) is 20.5. The molecule has 0 aliphatic heterocycles. The Labute approximate surface area is 279 Å². The molecule has 0 aromatic heterocycles. The molecule has 0 aliphatic rings. The Balaban J connectivity index is 0. The van der Waals surface area contributed by atoms with Crippen molar-refractivity contribution in [3.8, 4) is 0 Å². The van der Waals surface area contributed by atoms with E-state index in [1.807, 2.05) is 0 Å². The molecule has 0 aromatic carbocycles. The summed E-state index contributed by atoms with van der Waals surface area (Å²) in [6, 6.07) is 0. The highest BCUT2D eigenvalue weighted by molar-refractivity contribution is 5.64. The summed E-state index contributed by atoms with van der Waals surface area (Å²) in [4.78, 5) is 10.2. The van der Waals surface area contributed by atoms with Crippen LogP contribution < -0.4 is 5.11 Å². The molecule has 44 heavy (non-hydrogen) atoms. The van der Waals surface area contributed by atoms with Crippen molar-refractivity contribution in [2.24, 2.45) is 0 Å². The Morgan fingerprint density at radius 3 is 0.795 bits per heavy atom. The molecular formula is C41H85NO2. The van der Waals surface area contributed by atoms with Crippen LogP contribution in [0.2, 0.25) is 0 Å². The number of unbranched alkanes of at least 4 members (excludes halogenated alkanes) is 27. The van der Waals surface area contributed by atoms with Crippen molar-refractivity contribution in [2.45, 2.75) is 233 Å².